The van der Waals surface area contributed by atoms with E-state index < -0.39 is 0 Å². The first-order valence-electron chi connectivity index (χ1n) is 8.62. The SMILES string of the molecule is CCC(CC)CN(CC)c1ccc(CNC2CC2)c(C)n1. The first-order chi connectivity index (χ1) is 10.2. The van der Waals surface area contributed by atoms with Crippen LogP contribution in [0.15, 0.2) is 12.1 Å². The topological polar surface area (TPSA) is 28.2 Å². The molecular weight excluding hydrogens is 258 g/mol. The molecule has 1 aliphatic carbocycles. The van der Waals surface area contributed by atoms with Crippen LogP contribution in [-0.2, 0) is 6.54 Å². The molecular formula is C18H31N3. The average molecular weight is 289 g/mol. The summed E-state index contributed by atoms with van der Waals surface area (Å²) in [5.74, 6) is 1.90. The fraction of sp³-hybridized carbons (Fsp3) is 0.722. The Hall–Kier alpha value is -1.09. The Balaban J connectivity index is 2.01. The third-order valence-corrected chi connectivity index (χ3v) is 4.68. The van der Waals surface area contributed by atoms with Crippen molar-refractivity contribution in [2.45, 2.75) is 66.0 Å². The van der Waals surface area contributed by atoms with Crippen molar-refractivity contribution >= 4 is 5.82 Å². The molecule has 0 aromatic carbocycles. The van der Waals surface area contributed by atoms with Crippen molar-refractivity contribution in [1.82, 2.24) is 10.3 Å². The first-order valence-corrected chi connectivity index (χ1v) is 8.62. The number of pyridine rings is 1. The predicted octanol–water partition coefficient (Wildman–Crippen LogP) is 3.90. The van der Waals surface area contributed by atoms with Crippen LogP contribution in [0, 0.1) is 12.8 Å². The molecule has 2 rings (SSSR count). The second-order valence-electron chi connectivity index (χ2n) is 6.29. The number of aromatic nitrogens is 1. The smallest absolute Gasteiger partial charge is 0.128 e. The van der Waals surface area contributed by atoms with Gasteiger partial charge in [-0.05, 0) is 44.2 Å². The zero-order valence-corrected chi connectivity index (χ0v) is 14.2. The largest absolute Gasteiger partial charge is 0.357 e. The summed E-state index contributed by atoms with van der Waals surface area (Å²) in [4.78, 5) is 7.27. The molecule has 0 atom stereocenters. The van der Waals surface area contributed by atoms with E-state index in [0.717, 1.165) is 37.4 Å². The van der Waals surface area contributed by atoms with Crippen LogP contribution < -0.4 is 10.2 Å². The van der Waals surface area contributed by atoms with Crippen molar-refractivity contribution in [3.05, 3.63) is 23.4 Å². The summed E-state index contributed by atoms with van der Waals surface area (Å²) >= 11 is 0. The van der Waals surface area contributed by atoms with Gasteiger partial charge in [0.1, 0.15) is 5.82 Å². The molecule has 0 spiro atoms. The standard InChI is InChI=1S/C18H31N3/c1-5-15(6-2)13-21(7-3)18-11-8-16(14(4)20-18)12-19-17-9-10-17/h8,11,15,17,19H,5-7,9-10,12-13H2,1-4H3. The summed E-state index contributed by atoms with van der Waals surface area (Å²) in [6, 6.07) is 5.21. The van der Waals surface area contributed by atoms with Crippen LogP contribution in [-0.4, -0.2) is 24.1 Å². The van der Waals surface area contributed by atoms with Crippen molar-refractivity contribution in [3.63, 3.8) is 0 Å². The third-order valence-electron chi connectivity index (χ3n) is 4.68. The summed E-state index contributed by atoms with van der Waals surface area (Å²) < 4.78 is 0. The lowest BCUT2D eigenvalue weighted by molar-refractivity contribution is 0.484. The van der Waals surface area contributed by atoms with Crippen LogP contribution in [0.4, 0.5) is 5.82 Å². The van der Waals surface area contributed by atoms with Crippen LogP contribution in [0.25, 0.3) is 0 Å². The number of nitrogens with one attached hydrogen (secondary N) is 1. The van der Waals surface area contributed by atoms with Gasteiger partial charge in [-0.1, -0.05) is 32.8 Å². The van der Waals surface area contributed by atoms with Gasteiger partial charge in [0.05, 0.1) is 0 Å². The number of aryl methyl sites for hydroxylation is 1. The number of hydrogen-bond acceptors (Lipinski definition) is 3. The lowest BCUT2D eigenvalue weighted by Crippen LogP contribution is -2.30. The van der Waals surface area contributed by atoms with Gasteiger partial charge in [0.25, 0.3) is 0 Å². The summed E-state index contributed by atoms with van der Waals surface area (Å²) in [5.41, 5.74) is 2.51. The molecule has 1 fully saturated rings. The molecule has 21 heavy (non-hydrogen) atoms. The Morgan fingerprint density at radius 2 is 1.95 bits per heavy atom. The molecule has 1 heterocycles. The number of hydrogen-bond donors (Lipinski definition) is 1. The van der Waals surface area contributed by atoms with Gasteiger partial charge in [0.15, 0.2) is 0 Å². The van der Waals surface area contributed by atoms with Crippen molar-refractivity contribution in [3.8, 4) is 0 Å². The van der Waals surface area contributed by atoms with Gasteiger partial charge >= 0.3 is 0 Å². The van der Waals surface area contributed by atoms with Crippen LogP contribution in [0.1, 0.15) is 57.7 Å². The van der Waals surface area contributed by atoms with Crippen LogP contribution in [0.5, 0.6) is 0 Å². The molecule has 0 amide bonds. The van der Waals surface area contributed by atoms with Crippen LogP contribution in [0.2, 0.25) is 0 Å². The lowest BCUT2D eigenvalue weighted by atomic mass is 10.0. The molecule has 1 aromatic rings. The van der Waals surface area contributed by atoms with E-state index in [-0.39, 0.29) is 0 Å². The van der Waals surface area contributed by atoms with E-state index in [1.165, 1.54) is 36.9 Å². The Labute approximate surface area is 130 Å². The molecule has 0 radical (unpaired) electrons. The van der Waals surface area contributed by atoms with Crippen molar-refractivity contribution in [2.24, 2.45) is 5.92 Å². The average Bonchev–Trinajstić information content (AvgIpc) is 3.32. The Morgan fingerprint density at radius 3 is 2.48 bits per heavy atom. The summed E-state index contributed by atoms with van der Waals surface area (Å²) in [5, 5.41) is 3.57. The van der Waals surface area contributed by atoms with E-state index in [1.807, 2.05) is 0 Å². The van der Waals surface area contributed by atoms with Crippen molar-refractivity contribution < 1.29 is 0 Å². The van der Waals surface area contributed by atoms with Gasteiger partial charge in [-0.2, -0.15) is 0 Å². The van der Waals surface area contributed by atoms with E-state index in [2.05, 4.69) is 50.0 Å². The summed E-state index contributed by atoms with van der Waals surface area (Å²) in [6.45, 7) is 12.0. The Kier molecular flexibility index (Phi) is 6.04. The highest BCUT2D eigenvalue weighted by atomic mass is 15.2. The Bertz CT molecular complexity index is 436. The molecule has 3 nitrogen and oxygen atoms in total. The molecule has 0 unspecified atom stereocenters. The van der Waals surface area contributed by atoms with Gasteiger partial charge in [-0.3, -0.25) is 0 Å². The molecule has 1 saturated carbocycles. The van der Waals surface area contributed by atoms with Gasteiger partial charge in [0, 0.05) is 31.4 Å². The highest BCUT2D eigenvalue weighted by molar-refractivity contribution is 5.41. The lowest BCUT2D eigenvalue weighted by Gasteiger charge is -2.27. The maximum absolute atomic E-state index is 4.85. The van der Waals surface area contributed by atoms with E-state index >= 15 is 0 Å². The van der Waals surface area contributed by atoms with Gasteiger partial charge in [0.2, 0.25) is 0 Å². The molecule has 118 valence electrons. The second kappa shape index (κ2) is 7.79. The van der Waals surface area contributed by atoms with Gasteiger partial charge < -0.3 is 10.2 Å². The minimum atomic E-state index is 0.756. The molecule has 0 saturated heterocycles. The molecule has 0 aliphatic heterocycles. The predicted molar refractivity (Wildman–Crippen MR) is 90.8 cm³/mol. The zero-order chi connectivity index (χ0) is 15.2. The van der Waals surface area contributed by atoms with E-state index in [0.29, 0.717) is 0 Å². The van der Waals surface area contributed by atoms with Crippen LogP contribution in [0.3, 0.4) is 0 Å². The molecule has 1 aromatic heterocycles. The monoisotopic (exact) mass is 289 g/mol. The van der Waals surface area contributed by atoms with E-state index in [9.17, 15) is 0 Å². The number of anilines is 1. The minimum Gasteiger partial charge on any atom is -0.357 e. The third kappa shape index (κ3) is 4.70. The maximum Gasteiger partial charge on any atom is 0.128 e. The second-order valence-corrected chi connectivity index (χ2v) is 6.29. The van der Waals surface area contributed by atoms with Gasteiger partial charge in [-0.25, -0.2) is 4.98 Å². The van der Waals surface area contributed by atoms with Crippen LogP contribution >= 0.6 is 0 Å². The minimum absolute atomic E-state index is 0.756. The fourth-order valence-corrected chi connectivity index (χ4v) is 2.72. The summed E-state index contributed by atoms with van der Waals surface area (Å²) in [7, 11) is 0. The molecule has 3 heteroatoms. The Morgan fingerprint density at radius 1 is 1.24 bits per heavy atom. The quantitative estimate of drug-likeness (QED) is 0.747. The van der Waals surface area contributed by atoms with E-state index in [4.69, 9.17) is 4.98 Å². The number of nitrogens with zero attached hydrogens (tertiary/aromatic N) is 2. The normalized spacial score (nSPS) is 14.7. The fourth-order valence-electron chi connectivity index (χ4n) is 2.72. The molecule has 0 bridgehead atoms. The maximum atomic E-state index is 4.85. The van der Waals surface area contributed by atoms with Gasteiger partial charge in [-0.15, -0.1) is 0 Å². The summed E-state index contributed by atoms with van der Waals surface area (Å²) in [6.07, 6.45) is 5.16. The van der Waals surface area contributed by atoms with Crippen molar-refractivity contribution in [1.29, 1.82) is 0 Å². The zero-order valence-electron chi connectivity index (χ0n) is 14.2. The first kappa shape index (κ1) is 16.3. The number of rotatable bonds is 9. The van der Waals surface area contributed by atoms with E-state index in [1.54, 1.807) is 0 Å². The highest BCUT2D eigenvalue weighted by Crippen LogP contribution is 2.21. The molecule has 1 N–H and O–H groups in total. The molecule has 1 aliphatic rings. The van der Waals surface area contributed by atoms with Crippen molar-refractivity contribution in [2.75, 3.05) is 18.0 Å². The highest BCUT2D eigenvalue weighted by Gasteiger charge is 2.20.